The molecule has 4 nitrogen and oxygen atoms in total. The Balaban J connectivity index is 1.78. The van der Waals surface area contributed by atoms with E-state index in [0.717, 1.165) is 43.2 Å². The van der Waals surface area contributed by atoms with E-state index in [-0.39, 0.29) is 5.41 Å². The average Bonchev–Trinajstić information content (AvgIpc) is 3.31. The molecule has 1 fully saturated rings. The van der Waals surface area contributed by atoms with Gasteiger partial charge in [-0.25, -0.2) is 0 Å². The van der Waals surface area contributed by atoms with Crippen LogP contribution in [0.15, 0.2) is 33.7 Å². The molecule has 122 valence electrons. The highest BCUT2D eigenvalue weighted by atomic mass is 79.9. The summed E-state index contributed by atoms with van der Waals surface area (Å²) in [4.78, 5) is 4.29. The fourth-order valence-electron chi connectivity index (χ4n) is 2.54. The van der Waals surface area contributed by atoms with E-state index >= 15 is 0 Å². The molecule has 0 atom stereocenters. The first-order valence-electron chi connectivity index (χ1n) is 7.98. The lowest BCUT2D eigenvalue weighted by Gasteiger charge is -2.19. The molecule has 5 heteroatoms. The van der Waals surface area contributed by atoms with E-state index in [9.17, 15) is 0 Å². The van der Waals surface area contributed by atoms with E-state index in [2.05, 4.69) is 55.8 Å². The van der Waals surface area contributed by atoms with Crippen molar-refractivity contribution in [3.63, 3.8) is 0 Å². The van der Waals surface area contributed by atoms with Crippen LogP contribution in [0.25, 0.3) is 0 Å². The third kappa shape index (κ3) is 4.99. The van der Waals surface area contributed by atoms with Gasteiger partial charge in [-0.05, 0) is 43.9 Å². The number of ether oxygens (including phenoxy) is 1. The first-order valence-corrected chi connectivity index (χ1v) is 8.78. The minimum atomic E-state index is 0.271. The number of nitrogens with one attached hydrogen (secondary N) is 2. The van der Waals surface area contributed by atoms with Crippen LogP contribution in [-0.2, 0) is 10.2 Å². The number of hydrogen-bond donors (Lipinski definition) is 2. The third-order valence-corrected chi connectivity index (χ3v) is 4.56. The van der Waals surface area contributed by atoms with Crippen LogP contribution in [-0.4, -0.2) is 39.3 Å². The zero-order chi connectivity index (χ0) is 15.8. The van der Waals surface area contributed by atoms with Crippen molar-refractivity contribution in [2.75, 3.05) is 33.4 Å². The molecule has 0 radical (unpaired) electrons. The fraction of sp³-hybridized carbons (Fsp3) is 0.588. The summed E-state index contributed by atoms with van der Waals surface area (Å²) in [5.41, 5.74) is 1.67. The standard InChI is InChI=1S/C17H26BrN3O/c1-3-22-11-5-10-20-16(19-2)21-13-17(8-9-17)14-6-4-7-15(18)12-14/h4,6-7,12H,3,5,8-11,13H2,1-2H3,(H2,19,20,21). The topological polar surface area (TPSA) is 45.6 Å². The molecule has 0 aliphatic heterocycles. The molecular weight excluding hydrogens is 342 g/mol. The molecule has 0 amide bonds. The van der Waals surface area contributed by atoms with Crippen molar-refractivity contribution in [3.8, 4) is 0 Å². The van der Waals surface area contributed by atoms with Crippen molar-refractivity contribution < 1.29 is 4.74 Å². The second-order valence-corrected chi connectivity index (χ2v) is 6.61. The van der Waals surface area contributed by atoms with Gasteiger partial charge in [0.05, 0.1) is 0 Å². The van der Waals surface area contributed by atoms with E-state index in [1.54, 1.807) is 0 Å². The molecule has 1 aromatic carbocycles. The third-order valence-electron chi connectivity index (χ3n) is 4.07. The van der Waals surface area contributed by atoms with Crippen molar-refractivity contribution in [2.45, 2.75) is 31.6 Å². The molecule has 0 saturated heterocycles. The zero-order valence-electron chi connectivity index (χ0n) is 13.5. The van der Waals surface area contributed by atoms with E-state index in [0.29, 0.717) is 0 Å². The highest BCUT2D eigenvalue weighted by molar-refractivity contribution is 9.10. The molecule has 0 aromatic heterocycles. The van der Waals surface area contributed by atoms with Crippen molar-refractivity contribution in [2.24, 2.45) is 4.99 Å². The van der Waals surface area contributed by atoms with Crippen molar-refractivity contribution in [1.29, 1.82) is 0 Å². The Bertz CT molecular complexity index is 500. The molecule has 1 aromatic rings. The second-order valence-electron chi connectivity index (χ2n) is 5.69. The van der Waals surface area contributed by atoms with Crippen molar-refractivity contribution >= 4 is 21.9 Å². The lowest BCUT2D eigenvalue weighted by atomic mass is 9.96. The largest absolute Gasteiger partial charge is 0.382 e. The molecule has 0 bridgehead atoms. The van der Waals surface area contributed by atoms with Crippen molar-refractivity contribution in [1.82, 2.24) is 10.6 Å². The summed E-state index contributed by atoms with van der Waals surface area (Å²) >= 11 is 3.56. The van der Waals surface area contributed by atoms with Gasteiger partial charge in [0.1, 0.15) is 0 Å². The summed E-state index contributed by atoms with van der Waals surface area (Å²) < 4.78 is 6.49. The van der Waals surface area contributed by atoms with Gasteiger partial charge in [0, 0.05) is 43.2 Å². The summed E-state index contributed by atoms with van der Waals surface area (Å²) in [5, 5.41) is 6.80. The quantitative estimate of drug-likeness (QED) is 0.421. The molecule has 0 heterocycles. The minimum Gasteiger partial charge on any atom is -0.382 e. The minimum absolute atomic E-state index is 0.271. The normalized spacial score (nSPS) is 16.4. The molecule has 2 N–H and O–H groups in total. The van der Waals surface area contributed by atoms with Crippen molar-refractivity contribution in [3.05, 3.63) is 34.3 Å². The zero-order valence-corrected chi connectivity index (χ0v) is 15.1. The van der Waals surface area contributed by atoms with Gasteiger partial charge in [-0.15, -0.1) is 0 Å². The Hall–Kier alpha value is -1.07. The maximum absolute atomic E-state index is 5.34. The maximum atomic E-state index is 5.34. The van der Waals surface area contributed by atoms with Crippen LogP contribution in [0.2, 0.25) is 0 Å². The van der Waals surface area contributed by atoms with Gasteiger partial charge in [-0.2, -0.15) is 0 Å². The number of rotatable bonds is 8. The van der Waals surface area contributed by atoms with Gasteiger partial charge in [0.2, 0.25) is 0 Å². The van der Waals surface area contributed by atoms with Gasteiger partial charge in [-0.3, -0.25) is 4.99 Å². The Labute approximate surface area is 141 Å². The average molecular weight is 368 g/mol. The Morgan fingerprint density at radius 2 is 2.18 bits per heavy atom. The predicted molar refractivity (Wildman–Crippen MR) is 95.5 cm³/mol. The van der Waals surface area contributed by atoms with Gasteiger partial charge in [0.25, 0.3) is 0 Å². The molecule has 0 spiro atoms. The number of benzene rings is 1. The molecule has 1 aliphatic rings. The summed E-state index contributed by atoms with van der Waals surface area (Å²) in [6, 6.07) is 8.64. The molecule has 1 aliphatic carbocycles. The van der Waals surface area contributed by atoms with E-state index in [4.69, 9.17) is 4.74 Å². The molecule has 1 saturated carbocycles. The monoisotopic (exact) mass is 367 g/mol. The maximum Gasteiger partial charge on any atom is 0.191 e. The second kappa shape index (κ2) is 8.53. The molecule has 2 rings (SSSR count). The van der Waals surface area contributed by atoms with Crippen LogP contribution in [0.3, 0.4) is 0 Å². The lowest BCUT2D eigenvalue weighted by molar-refractivity contribution is 0.145. The Kier molecular flexibility index (Phi) is 6.70. The summed E-state index contributed by atoms with van der Waals surface area (Å²) in [7, 11) is 1.82. The molecule has 22 heavy (non-hydrogen) atoms. The highest BCUT2D eigenvalue weighted by Crippen LogP contribution is 2.48. The Morgan fingerprint density at radius 3 is 2.82 bits per heavy atom. The van der Waals surface area contributed by atoms with Crippen LogP contribution in [0.1, 0.15) is 31.7 Å². The summed E-state index contributed by atoms with van der Waals surface area (Å²) in [6.45, 7) is 5.40. The smallest absolute Gasteiger partial charge is 0.191 e. The highest BCUT2D eigenvalue weighted by Gasteiger charge is 2.44. The number of halogens is 1. The van der Waals surface area contributed by atoms with Crippen LogP contribution < -0.4 is 10.6 Å². The first kappa shape index (κ1) is 17.3. The van der Waals surface area contributed by atoms with Gasteiger partial charge in [-0.1, -0.05) is 28.1 Å². The first-order chi connectivity index (χ1) is 10.7. The fourth-order valence-corrected chi connectivity index (χ4v) is 2.93. The predicted octanol–water partition coefficient (Wildman–Crippen LogP) is 3.07. The van der Waals surface area contributed by atoms with Crippen LogP contribution in [0, 0.1) is 0 Å². The van der Waals surface area contributed by atoms with E-state index in [1.165, 1.54) is 18.4 Å². The number of hydrogen-bond acceptors (Lipinski definition) is 2. The molecule has 0 unspecified atom stereocenters. The van der Waals surface area contributed by atoms with Gasteiger partial charge in [0.15, 0.2) is 5.96 Å². The number of nitrogens with zero attached hydrogens (tertiary/aromatic N) is 1. The number of guanidine groups is 1. The number of aliphatic imine (C=N–C) groups is 1. The summed E-state index contributed by atoms with van der Waals surface area (Å²) in [6.07, 6.45) is 3.46. The van der Waals surface area contributed by atoms with Crippen LogP contribution in [0.4, 0.5) is 0 Å². The van der Waals surface area contributed by atoms with Crippen LogP contribution >= 0.6 is 15.9 Å². The lowest BCUT2D eigenvalue weighted by Crippen LogP contribution is -2.41. The van der Waals surface area contributed by atoms with E-state index in [1.807, 2.05) is 14.0 Å². The van der Waals surface area contributed by atoms with Gasteiger partial charge >= 0.3 is 0 Å². The van der Waals surface area contributed by atoms with Crippen LogP contribution in [0.5, 0.6) is 0 Å². The molecular formula is C17H26BrN3O. The van der Waals surface area contributed by atoms with Gasteiger partial charge < -0.3 is 15.4 Å². The van der Waals surface area contributed by atoms with E-state index < -0.39 is 0 Å². The SMILES string of the molecule is CCOCCCNC(=NC)NCC1(c2cccc(Br)c2)CC1. The Morgan fingerprint density at radius 1 is 1.36 bits per heavy atom. The summed E-state index contributed by atoms with van der Waals surface area (Å²) in [5.74, 6) is 0.873.